The number of para-hydroxylation sites is 1. The van der Waals surface area contributed by atoms with Crippen LogP contribution in [0.3, 0.4) is 0 Å². The molecule has 0 aliphatic rings. The van der Waals surface area contributed by atoms with E-state index in [0.717, 1.165) is 28.2 Å². The molecule has 0 amide bonds. The largest absolute Gasteiger partial charge is 0.340 e. The van der Waals surface area contributed by atoms with Gasteiger partial charge in [-0.1, -0.05) is 56.3 Å². The number of nitrogens with one attached hydrogen (secondary N) is 1. The number of aromatic nitrogens is 5. The van der Waals surface area contributed by atoms with Crippen LogP contribution in [0.25, 0.3) is 22.3 Å². The number of aryl methyl sites for hydroxylation is 2. The molecule has 0 radical (unpaired) electrons. The van der Waals surface area contributed by atoms with Gasteiger partial charge in [-0.05, 0) is 55.2 Å². The normalized spacial score (nSPS) is 11.4. The molecule has 0 aliphatic carbocycles. The van der Waals surface area contributed by atoms with Crippen molar-refractivity contribution < 1.29 is 0 Å². The van der Waals surface area contributed by atoms with Gasteiger partial charge < -0.3 is 5.32 Å². The van der Waals surface area contributed by atoms with Crippen molar-refractivity contribution in [1.82, 2.24) is 23.9 Å². The smallest absolute Gasteiger partial charge is 0.332 e. The minimum absolute atomic E-state index is 0.204. The zero-order chi connectivity index (χ0) is 27.0. The molecule has 5 rings (SSSR count). The van der Waals surface area contributed by atoms with E-state index in [-0.39, 0.29) is 17.2 Å². The summed E-state index contributed by atoms with van der Waals surface area (Å²) in [4.78, 5) is 31.1. The first-order chi connectivity index (χ1) is 18.2. The molecule has 0 atom stereocenters. The molecular formula is C30H32N6O2. The topological polar surface area (TPSA) is 86.7 Å². The number of benzene rings is 2. The Labute approximate surface area is 221 Å². The predicted molar refractivity (Wildman–Crippen MR) is 152 cm³/mol. The van der Waals surface area contributed by atoms with Gasteiger partial charge in [0.25, 0.3) is 5.56 Å². The van der Waals surface area contributed by atoms with Crippen molar-refractivity contribution in [3.8, 4) is 11.3 Å². The van der Waals surface area contributed by atoms with Crippen LogP contribution in [0, 0.1) is 19.8 Å². The predicted octanol–water partition coefficient (Wildman–Crippen LogP) is 5.02. The van der Waals surface area contributed by atoms with Crippen LogP contribution in [0.15, 0.2) is 76.3 Å². The molecule has 0 bridgehead atoms. The second-order valence-electron chi connectivity index (χ2n) is 10.2. The summed E-state index contributed by atoms with van der Waals surface area (Å²) >= 11 is 0. The van der Waals surface area contributed by atoms with Crippen LogP contribution >= 0.6 is 0 Å². The van der Waals surface area contributed by atoms with Crippen molar-refractivity contribution in [1.29, 1.82) is 0 Å². The molecule has 38 heavy (non-hydrogen) atoms. The minimum atomic E-state index is -0.370. The van der Waals surface area contributed by atoms with Crippen molar-refractivity contribution in [3.05, 3.63) is 104 Å². The summed E-state index contributed by atoms with van der Waals surface area (Å²) in [7, 11) is 1.52. The third kappa shape index (κ3) is 4.89. The second-order valence-corrected chi connectivity index (χ2v) is 10.2. The summed E-state index contributed by atoms with van der Waals surface area (Å²) in [6, 6.07) is 22.0. The Morgan fingerprint density at radius 1 is 0.947 bits per heavy atom. The van der Waals surface area contributed by atoms with E-state index >= 15 is 0 Å². The average molecular weight is 509 g/mol. The van der Waals surface area contributed by atoms with E-state index in [0.29, 0.717) is 29.9 Å². The Kier molecular flexibility index (Phi) is 6.72. The Morgan fingerprint density at radius 3 is 2.32 bits per heavy atom. The number of rotatable bonds is 7. The molecule has 0 fully saturated rings. The van der Waals surface area contributed by atoms with Crippen LogP contribution in [0.1, 0.15) is 30.7 Å². The van der Waals surface area contributed by atoms with Gasteiger partial charge in [-0.3, -0.25) is 18.9 Å². The highest BCUT2D eigenvalue weighted by atomic mass is 16.2. The van der Waals surface area contributed by atoms with Gasteiger partial charge in [0.05, 0.1) is 12.2 Å². The highest BCUT2D eigenvalue weighted by Crippen LogP contribution is 2.26. The van der Waals surface area contributed by atoms with Crippen molar-refractivity contribution in [2.24, 2.45) is 13.0 Å². The van der Waals surface area contributed by atoms with E-state index in [1.165, 1.54) is 17.2 Å². The maximum atomic E-state index is 13.4. The van der Waals surface area contributed by atoms with Crippen molar-refractivity contribution in [2.45, 2.75) is 40.8 Å². The van der Waals surface area contributed by atoms with Gasteiger partial charge >= 0.3 is 5.69 Å². The first-order valence-corrected chi connectivity index (χ1v) is 12.8. The van der Waals surface area contributed by atoms with Gasteiger partial charge in [-0.25, -0.2) is 9.48 Å². The summed E-state index contributed by atoms with van der Waals surface area (Å²) < 4.78 is 4.54. The SMILES string of the molecule is Cc1cc(C)nc(-c2ccc(Cn3nc4c(c3Nc3ccccc3)c(=O)n(C)c(=O)n4CC(C)C)cc2)c1. The molecular weight excluding hydrogens is 476 g/mol. The number of pyridine rings is 1. The fourth-order valence-electron chi connectivity index (χ4n) is 4.73. The van der Waals surface area contributed by atoms with Gasteiger partial charge in [0.15, 0.2) is 5.65 Å². The Morgan fingerprint density at radius 2 is 1.66 bits per heavy atom. The molecule has 0 saturated heterocycles. The van der Waals surface area contributed by atoms with Crippen LogP contribution in [0.2, 0.25) is 0 Å². The summed E-state index contributed by atoms with van der Waals surface area (Å²) in [5, 5.41) is 8.61. The Balaban J connectivity index is 1.62. The summed E-state index contributed by atoms with van der Waals surface area (Å²) in [5.74, 6) is 0.764. The lowest BCUT2D eigenvalue weighted by Gasteiger charge is -2.12. The maximum Gasteiger partial charge on any atom is 0.332 e. The quantitative estimate of drug-likeness (QED) is 0.333. The fraction of sp³-hybridized carbons (Fsp3) is 0.267. The van der Waals surface area contributed by atoms with Gasteiger partial charge in [0.2, 0.25) is 0 Å². The van der Waals surface area contributed by atoms with Crippen LogP contribution in [0.4, 0.5) is 11.5 Å². The van der Waals surface area contributed by atoms with E-state index in [2.05, 4.69) is 41.5 Å². The molecule has 1 N–H and O–H groups in total. The lowest BCUT2D eigenvalue weighted by Crippen LogP contribution is -2.38. The van der Waals surface area contributed by atoms with Crippen LogP contribution in [0.5, 0.6) is 0 Å². The number of anilines is 2. The first-order valence-electron chi connectivity index (χ1n) is 12.8. The van der Waals surface area contributed by atoms with E-state index < -0.39 is 0 Å². The molecule has 0 saturated carbocycles. The number of hydrogen-bond acceptors (Lipinski definition) is 5. The van der Waals surface area contributed by atoms with Crippen LogP contribution in [-0.2, 0) is 20.1 Å². The third-order valence-corrected chi connectivity index (χ3v) is 6.49. The summed E-state index contributed by atoms with van der Waals surface area (Å²) in [6.45, 7) is 9.02. The maximum absolute atomic E-state index is 13.4. The minimum Gasteiger partial charge on any atom is -0.340 e. The third-order valence-electron chi connectivity index (χ3n) is 6.49. The zero-order valence-corrected chi connectivity index (χ0v) is 22.4. The van der Waals surface area contributed by atoms with Gasteiger partial charge in [0.1, 0.15) is 11.2 Å². The number of fused-ring (bicyclic) bond motifs is 1. The molecule has 194 valence electrons. The lowest BCUT2D eigenvalue weighted by molar-refractivity contribution is 0.498. The molecule has 2 aromatic carbocycles. The molecule has 8 nitrogen and oxygen atoms in total. The number of hydrogen-bond donors (Lipinski definition) is 1. The van der Waals surface area contributed by atoms with E-state index in [4.69, 9.17) is 5.10 Å². The van der Waals surface area contributed by atoms with Crippen LogP contribution in [-0.4, -0.2) is 23.9 Å². The van der Waals surface area contributed by atoms with E-state index in [1.807, 2.05) is 63.2 Å². The summed E-state index contributed by atoms with van der Waals surface area (Å²) in [5.41, 5.74) is 5.63. The highest BCUT2D eigenvalue weighted by Gasteiger charge is 2.22. The molecule has 0 spiro atoms. The highest BCUT2D eigenvalue weighted by molar-refractivity contribution is 5.89. The molecule has 5 aromatic rings. The van der Waals surface area contributed by atoms with Gasteiger partial charge in [-0.2, -0.15) is 5.10 Å². The Hall–Kier alpha value is -4.46. The van der Waals surface area contributed by atoms with E-state index in [9.17, 15) is 9.59 Å². The second kappa shape index (κ2) is 10.1. The zero-order valence-electron chi connectivity index (χ0n) is 22.4. The van der Waals surface area contributed by atoms with Crippen molar-refractivity contribution in [3.63, 3.8) is 0 Å². The van der Waals surface area contributed by atoms with Crippen molar-refractivity contribution in [2.75, 3.05) is 5.32 Å². The first kappa shape index (κ1) is 25.2. The van der Waals surface area contributed by atoms with Crippen LogP contribution < -0.4 is 16.6 Å². The van der Waals surface area contributed by atoms with Gasteiger partial charge in [0, 0.05) is 30.5 Å². The van der Waals surface area contributed by atoms with E-state index in [1.54, 1.807) is 9.25 Å². The lowest BCUT2D eigenvalue weighted by atomic mass is 10.1. The molecule has 0 unspecified atom stereocenters. The number of nitrogens with zero attached hydrogens (tertiary/aromatic N) is 5. The summed E-state index contributed by atoms with van der Waals surface area (Å²) in [6.07, 6.45) is 0. The molecule has 3 heterocycles. The standard InChI is InChI=1S/C30H32N6O2/c1-19(2)17-35-28-26(29(37)34(5)30(35)38)27(32-24-9-7-6-8-10-24)36(33-28)18-22-11-13-23(14-12-22)25-16-20(3)15-21(4)31-25/h6-16,19,32H,17-18H2,1-5H3. The molecule has 3 aromatic heterocycles. The molecule has 0 aliphatic heterocycles. The van der Waals surface area contributed by atoms with Crippen molar-refractivity contribution >= 4 is 22.5 Å². The monoisotopic (exact) mass is 508 g/mol. The average Bonchev–Trinajstić information content (AvgIpc) is 3.23. The Bertz CT molecular complexity index is 1710. The van der Waals surface area contributed by atoms with Gasteiger partial charge in [-0.15, -0.1) is 0 Å². The fourth-order valence-corrected chi connectivity index (χ4v) is 4.73. The molecule has 8 heteroatoms.